The van der Waals surface area contributed by atoms with Crippen molar-refractivity contribution in [3.63, 3.8) is 0 Å². The van der Waals surface area contributed by atoms with Crippen LogP contribution in [0.25, 0.3) is 0 Å². The molecule has 0 heterocycles. The third kappa shape index (κ3) is 6.97. The molecule has 2 rings (SSSR count). The van der Waals surface area contributed by atoms with Crippen molar-refractivity contribution in [2.45, 2.75) is 13.3 Å². The molecule has 6 nitrogen and oxygen atoms in total. The van der Waals surface area contributed by atoms with Gasteiger partial charge in [-0.25, -0.2) is 4.39 Å². The van der Waals surface area contributed by atoms with Crippen LogP contribution in [0.5, 0.6) is 11.5 Å². The van der Waals surface area contributed by atoms with Gasteiger partial charge in [-0.1, -0.05) is 18.2 Å². The molecule has 0 fully saturated rings. The number of nitrogens with one attached hydrogen (secondary N) is 1. The number of methoxy groups -OCH3 is 1. The first-order chi connectivity index (χ1) is 13.0. The minimum Gasteiger partial charge on any atom is -0.494 e. The second-order valence-corrected chi connectivity index (χ2v) is 5.82. The minimum atomic E-state index is -0.620. The maximum atomic E-state index is 13.6. The highest BCUT2D eigenvalue weighted by Gasteiger charge is 2.10. The highest BCUT2D eigenvalue weighted by molar-refractivity contribution is 5.81. The van der Waals surface area contributed by atoms with Gasteiger partial charge in [0.05, 0.1) is 20.1 Å². The Kier molecular flexibility index (Phi) is 7.61. The molecule has 0 radical (unpaired) electrons. The normalized spacial score (nSPS) is 10.2. The molecule has 27 heavy (non-hydrogen) atoms. The molecule has 144 valence electrons. The zero-order valence-corrected chi connectivity index (χ0v) is 15.3. The van der Waals surface area contributed by atoms with Gasteiger partial charge in [-0.15, -0.1) is 0 Å². The van der Waals surface area contributed by atoms with Crippen LogP contribution >= 0.6 is 0 Å². The lowest BCUT2D eigenvalue weighted by atomic mass is 10.1. The lowest BCUT2D eigenvalue weighted by molar-refractivity contribution is -0.147. The van der Waals surface area contributed by atoms with E-state index < -0.39 is 24.3 Å². The maximum absolute atomic E-state index is 13.6. The fraction of sp³-hybridized carbons (Fsp3) is 0.300. The third-order valence-electron chi connectivity index (χ3n) is 3.61. The Balaban J connectivity index is 1.64. The van der Waals surface area contributed by atoms with E-state index in [-0.39, 0.29) is 18.7 Å². The first-order valence-electron chi connectivity index (χ1n) is 8.42. The molecular weight excluding hydrogens is 353 g/mol. The minimum absolute atomic E-state index is 0.0966. The monoisotopic (exact) mass is 375 g/mol. The summed E-state index contributed by atoms with van der Waals surface area (Å²) in [6, 6.07) is 11.8. The van der Waals surface area contributed by atoms with Crippen molar-refractivity contribution in [2.75, 3.05) is 26.9 Å². The van der Waals surface area contributed by atoms with Crippen molar-refractivity contribution in [3.05, 3.63) is 59.4 Å². The summed E-state index contributed by atoms with van der Waals surface area (Å²) in [4.78, 5) is 23.4. The molecule has 0 spiro atoms. The molecular formula is C20H22FNO5. The number of halogens is 1. The second kappa shape index (κ2) is 10.2. The van der Waals surface area contributed by atoms with Crippen LogP contribution in [0.1, 0.15) is 11.1 Å². The molecule has 0 atom stereocenters. The predicted molar refractivity (Wildman–Crippen MR) is 97.3 cm³/mol. The van der Waals surface area contributed by atoms with Crippen LogP contribution in [0.3, 0.4) is 0 Å². The maximum Gasteiger partial charge on any atom is 0.310 e. The van der Waals surface area contributed by atoms with Crippen molar-refractivity contribution >= 4 is 11.9 Å². The summed E-state index contributed by atoms with van der Waals surface area (Å²) in [6.45, 7) is 2.15. The van der Waals surface area contributed by atoms with Gasteiger partial charge in [0.15, 0.2) is 18.2 Å². The average molecular weight is 375 g/mol. The molecule has 0 aliphatic heterocycles. The third-order valence-corrected chi connectivity index (χ3v) is 3.61. The van der Waals surface area contributed by atoms with E-state index in [1.165, 1.54) is 19.2 Å². The smallest absolute Gasteiger partial charge is 0.310 e. The summed E-state index contributed by atoms with van der Waals surface area (Å²) in [5.41, 5.74) is 1.52. The van der Waals surface area contributed by atoms with E-state index in [1.807, 2.05) is 31.2 Å². The summed E-state index contributed by atoms with van der Waals surface area (Å²) in [7, 11) is 1.36. The standard InChI is InChI=1S/C20H22FNO5/c1-14-4-3-5-16(10-14)26-9-8-22-19(23)13-27-20(24)12-15-6-7-18(25-2)17(21)11-15/h3-7,10-11H,8-9,12-13H2,1-2H3,(H,22,23). The summed E-state index contributed by atoms with van der Waals surface area (Å²) >= 11 is 0. The molecule has 0 bridgehead atoms. The molecule has 0 aliphatic carbocycles. The molecule has 7 heteroatoms. The van der Waals surface area contributed by atoms with Gasteiger partial charge < -0.3 is 19.5 Å². The van der Waals surface area contributed by atoms with Crippen LogP contribution < -0.4 is 14.8 Å². The van der Waals surface area contributed by atoms with E-state index in [2.05, 4.69) is 5.32 Å². The molecule has 1 amide bonds. The Bertz CT molecular complexity index is 794. The van der Waals surface area contributed by atoms with Crippen LogP contribution in [0.4, 0.5) is 4.39 Å². The summed E-state index contributed by atoms with van der Waals surface area (Å²) in [5, 5.41) is 2.59. The van der Waals surface area contributed by atoms with E-state index in [1.54, 1.807) is 6.07 Å². The lowest BCUT2D eigenvalue weighted by Crippen LogP contribution is -2.32. The molecule has 0 saturated heterocycles. The van der Waals surface area contributed by atoms with Gasteiger partial charge in [0.25, 0.3) is 5.91 Å². The topological polar surface area (TPSA) is 73.9 Å². The van der Waals surface area contributed by atoms with E-state index in [0.717, 1.165) is 11.3 Å². The Morgan fingerprint density at radius 2 is 1.96 bits per heavy atom. The Labute approximate surface area is 157 Å². The van der Waals surface area contributed by atoms with E-state index in [0.29, 0.717) is 12.2 Å². The van der Waals surface area contributed by atoms with Gasteiger partial charge in [0.2, 0.25) is 0 Å². The highest BCUT2D eigenvalue weighted by Crippen LogP contribution is 2.18. The van der Waals surface area contributed by atoms with Crippen molar-refractivity contribution in [3.8, 4) is 11.5 Å². The molecule has 2 aromatic carbocycles. The molecule has 0 aliphatic rings. The molecule has 2 aromatic rings. The highest BCUT2D eigenvalue weighted by atomic mass is 19.1. The van der Waals surface area contributed by atoms with Crippen molar-refractivity contribution in [2.24, 2.45) is 0 Å². The van der Waals surface area contributed by atoms with Crippen molar-refractivity contribution < 1.29 is 28.2 Å². The van der Waals surface area contributed by atoms with Gasteiger partial charge in [-0.3, -0.25) is 9.59 Å². The Hall–Kier alpha value is -3.09. The van der Waals surface area contributed by atoms with Gasteiger partial charge in [-0.05, 0) is 42.3 Å². The van der Waals surface area contributed by atoms with Gasteiger partial charge in [0, 0.05) is 0 Å². The number of carbonyl (C=O) groups is 2. The largest absolute Gasteiger partial charge is 0.494 e. The lowest BCUT2D eigenvalue weighted by Gasteiger charge is -2.09. The number of carbonyl (C=O) groups excluding carboxylic acids is 2. The molecule has 1 N–H and O–H groups in total. The first kappa shape index (κ1) is 20.2. The summed E-state index contributed by atoms with van der Waals surface area (Å²) < 4.78 is 28.8. The van der Waals surface area contributed by atoms with Gasteiger partial charge >= 0.3 is 5.97 Å². The molecule has 0 aromatic heterocycles. The van der Waals surface area contributed by atoms with Crippen molar-refractivity contribution in [1.29, 1.82) is 0 Å². The number of hydrogen-bond acceptors (Lipinski definition) is 5. The number of amides is 1. The predicted octanol–water partition coefficient (Wildman–Crippen LogP) is 2.42. The van der Waals surface area contributed by atoms with Gasteiger partial charge in [0.1, 0.15) is 12.4 Å². The number of aryl methyl sites for hydroxylation is 1. The van der Waals surface area contributed by atoms with Crippen molar-refractivity contribution in [1.82, 2.24) is 5.32 Å². The van der Waals surface area contributed by atoms with Crippen LogP contribution in [-0.2, 0) is 20.7 Å². The van der Waals surface area contributed by atoms with Crippen LogP contribution in [-0.4, -0.2) is 38.7 Å². The SMILES string of the molecule is COc1ccc(CC(=O)OCC(=O)NCCOc2cccc(C)c2)cc1F. The Morgan fingerprint density at radius 1 is 1.15 bits per heavy atom. The van der Waals surface area contributed by atoms with E-state index in [4.69, 9.17) is 14.2 Å². The Morgan fingerprint density at radius 3 is 2.67 bits per heavy atom. The zero-order chi connectivity index (χ0) is 19.6. The number of esters is 1. The van der Waals surface area contributed by atoms with Crippen LogP contribution in [0.2, 0.25) is 0 Å². The summed E-state index contributed by atoms with van der Waals surface area (Å²) in [5.74, 6) is -0.793. The fourth-order valence-electron chi connectivity index (χ4n) is 2.30. The van der Waals surface area contributed by atoms with Gasteiger partial charge in [-0.2, -0.15) is 0 Å². The van der Waals surface area contributed by atoms with Crippen LogP contribution in [0.15, 0.2) is 42.5 Å². The number of ether oxygens (including phenoxy) is 3. The first-order valence-corrected chi connectivity index (χ1v) is 8.42. The zero-order valence-electron chi connectivity index (χ0n) is 15.3. The number of benzene rings is 2. The summed E-state index contributed by atoms with van der Waals surface area (Å²) in [6.07, 6.45) is -0.134. The second-order valence-electron chi connectivity index (χ2n) is 5.82. The average Bonchev–Trinajstić information content (AvgIpc) is 2.64. The quantitative estimate of drug-likeness (QED) is 0.538. The van der Waals surface area contributed by atoms with E-state index in [9.17, 15) is 14.0 Å². The molecule has 0 unspecified atom stereocenters. The number of hydrogen-bond donors (Lipinski definition) is 1. The number of rotatable bonds is 9. The molecule has 0 saturated carbocycles. The van der Waals surface area contributed by atoms with E-state index >= 15 is 0 Å². The van der Waals surface area contributed by atoms with Crippen LogP contribution in [0, 0.1) is 12.7 Å². The fourth-order valence-corrected chi connectivity index (χ4v) is 2.30.